The Bertz CT molecular complexity index is 1810. The first kappa shape index (κ1) is 26.8. The number of aliphatic hydroxyl groups is 1. The first-order valence-electron chi connectivity index (χ1n) is 14.2. The Balaban J connectivity index is 1.17. The van der Waals surface area contributed by atoms with Gasteiger partial charge in [-0.3, -0.25) is 4.68 Å². The van der Waals surface area contributed by atoms with Gasteiger partial charge in [0.25, 0.3) is 10.0 Å². The fraction of sp³-hybridized carbons (Fsp3) is 0.414. The van der Waals surface area contributed by atoms with Crippen LogP contribution in [-0.4, -0.2) is 65.3 Å². The number of hydrogen-bond acceptors (Lipinski definition) is 10. The fourth-order valence-corrected chi connectivity index (χ4v) is 6.84. The second-order valence-electron chi connectivity index (χ2n) is 11.2. The summed E-state index contributed by atoms with van der Waals surface area (Å²) in [5.41, 5.74) is 4.34. The van der Waals surface area contributed by atoms with E-state index < -0.39 is 16.1 Å². The highest BCUT2D eigenvalue weighted by Crippen LogP contribution is 2.41. The molecule has 2 aliphatic carbocycles. The van der Waals surface area contributed by atoms with Gasteiger partial charge in [0, 0.05) is 37.0 Å². The second-order valence-corrected chi connectivity index (χ2v) is 13.2. The Hall–Kier alpha value is -4.12. The molecule has 3 N–H and O–H groups in total. The minimum absolute atomic E-state index is 0.0846. The van der Waals surface area contributed by atoms with Gasteiger partial charge < -0.3 is 15.7 Å². The van der Waals surface area contributed by atoms with E-state index in [4.69, 9.17) is 0 Å². The zero-order valence-corrected chi connectivity index (χ0v) is 23.9. The highest BCUT2D eigenvalue weighted by Gasteiger charge is 2.37. The summed E-state index contributed by atoms with van der Waals surface area (Å²) < 4.78 is 28.0. The lowest BCUT2D eigenvalue weighted by Gasteiger charge is -2.28. The molecule has 0 aromatic carbocycles. The third-order valence-corrected chi connectivity index (χ3v) is 9.94. The predicted octanol–water partition coefficient (Wildman–Crippen LogP) is 2.62. The maximum Gasteiger partial charge on any atom is 0.256 e. The lowest BCUT2D eigenvalue weighted by atomic mass is 9.93. The van der Waals surface area contributed by atoms with Crippen LogP contribution in [0.5, 0.6) is 0 Å². The van der Waals surface area contributed by atoms with E-state index in [9.17, 15) is 13.5 Å². The van der Waals surface area contributed by atoms with Crippen LogP contribution in [0.25, 0.3) is 11.4 Å². The Kier molecular flexibility index (Phi) is 6.76. The van der Waals surface area contributed by atoms with E-state index in [1.54, 1.807) is 18.5 Å². The van der Waals surface area contributed by atoms with Gasteiger partial charge in [-0.15, -0.1) is 0 Å². The zero-order chi connectivity index (χ0) is 28.8. The molecule has 3 fully saturated rings. The van der Waals surface area contributed by atoms with Crippen molar-refractivity contribution >= 4 is 21.7 Å². The molecule has 1 saturated heterocycles. The summed E-state index contributed by atoms with van der Waals surface area (Å²) in [5.74, 6) is 8.58. The van der Waals surface area contributed by atoms with Gasteiger partial charge >= 0.3 is 0 Å². The van der Waals surface area contributed by atoms with Crippen LogP contribution in [0.1, 0.15) is 72.9 Å². The maximum atomic E-state index is 12.5. The lowest BCUT2D eigenvalue weighted by Crippen LogP contribution is -2.34. The Labute approximate surface area is 243 Å². The monoisotopic (exact) mass is 585 g/mol. The van der Waals surface area contributed by atoms with Crippen LogP contribution in [0, 0.1) is 11.8 Å². The van der Waals surface area contributed by atoms with Crippen LogP contribution in [0.4, 0.5) is 11.6 Å². The van der Waals surface area contributed by atoms with Gasteiger partial charge in [-0.25, -0.2) is 23.4 Å². The summed E-state index contributed by atoms with van der Waals surface area (Å²) in [6.07, 6.45) is 12.6. The molecule has 42 heavy (non-hydrogen) atoms. The average Bonchev–Trinajstić information content (AvgIpc) is 3.92. The number of nitrogens with zero attached hydrogens (tertiary/aromatic N) is 7. The van der Waals surface area contributed by atoms with Crippen molar-refractivity contribution in [3.05, 3.63) is 65.5 Å². The smallest absolute Gasteiger partial charge is 0.256 e. The highest BCUT2D eigenvalue weighted by molar-refractivity contribution is 7.90. The van der Waals surface area contributed by atoms with Crippen LogP contribution < -0.4 is 10.6 Å². The lowest BCUT2D eigenvalue weighted by molar-refractivity contribution is 0.116. The molecule has 7 rings (SSSR count). The normalized spacial score (nSPS) is 20.6. The zero-order valence-electron chi connectivity index (χ0n) is 23.1. The van der Waals surface area contributed by atoms with Crippen molar-refractivity contribution in [2.75, 3.05) is 11.9 Å². The van der Waals surface area contributed by atoms with Gasteiger partial charge in [0.05, 0.1) is 46.8 Å². The number of aliphatic hydroxyl groups excluding tert-OH is 1. The maximum absolute atomic E-state index is 12.5. The number of pyridine rings is 1. The quantitative estimate of drug-likeness (QED) is 0.276. The van der Waals surface area contributed by atoms with Gasteiger partial charge in [-0.05, 0) is 62.8 Å². The molecule has 3 aliphatic rings. The molecule has 0 spiro atoms. The molecule has 4 aromatic heterocycles. The Morgan fingerprint density at radius 3 is 2.64 bits per heavy atom. The van der Waals surface area contributed by atoms with E-state index in [0.29, 0.717) is 61.2 Å². The largest absolute Gasteiger partial charge is 0.393 e. The molecule has 12 nitrogen and oxygen atoms in total. The van der Waals surface area contributed by atoms with Crippen molar-refractivity contribution < 1.29 is 13.5 Å². The Morgan fingerprint density at radius 2 is 1.86 bits per heavy atom. The van der Waals surface area contributed by atoms with E-state index in [-0.39, 0.29) is 11.3 Å². The molecule has 2 atom stereocenters. The van der Waals surface area contributed by atoms with E-state index >= 15 is 0 Å². The summed E-state index contributed by atoms with van der Waals surface area (Å²) in [4.78, 5) is 13.5. The SMILES string of the molecule is Cn1ncc(C#Cc2cnc(Nc3ccnc(-c4cnn(S(=O)(=O)C5CC5)c4)n3)cc2C2CC(O)CCN2)c1C1CC1. The van der Waals surface area contributed by atoms with Crippen molar-refractivity contribution in [1.29, 1.82) is 0 Å². The van der Waals surface area contributed by atoms with E-state index in [0.717, 1.165) is 33.6 Å². The average molecular weight is 586 g/mol. The highest BCUT2D eigenvalue weighted by atomic mass is 32.2. The molecule has 0 bridgehead atoms. The van der Waals surface area contributed by atoms with Gasteiger partial charge in [-0.2, -0.15) is 14.3 Å². The minimum Gasteiger partial charge on any atom is -0.393 e. The predicted molar refractivity (Wildman–Crippen MR) is 155 cm³/mol. The first-order chi connectivity index (χ1) is 20.3. The molecule has 2 unspecified atom stereocenters. The third-order valence-electron chi connectivity index (χ3n) is 7.90. The van der Waals surface area contributed by atoms with Gasteiger partial charge in [0.2, 0.25) is 0 Å². The van der Waals surface area contributed by atoms with E-state index in [2.05, 4.69) is 47.6 Å². The van der Waals surface area contributed by atoms with Gasteiger partial charge in [0.15, 0.2) is 5.82 Å². The number of aryl methyl sites for hydroxylation is 1. The standard InChI is InChI=1S/C29H31N9O3S/c1-37-28(18-2-3-18)20(15-33-37)5-4-19-14-32-27(13-24(19)25-12-22(39)8-10-30-25)35-26-9-11-31-29(36-26)21-16-34-38(17-21)42(40,41)23-6-7-23/h9,11,13-18,22-23,25,30,39H,2-3,6-8,10,12H2,1H3,(H,31,32,35,36). The van der Waals surface area contributed by atoms with Crippen LogP contribution in [-0.2, 0) is 17.1 Å². The van der Waals surface area contributed by atoms with Crippen molar-refractivity contribution in [3.8, 4) is 23.2 Å². The molecule has 4 aromatic rings. The van der Waals surface area contributed by atoms with E-state index in [1.807, 2.05) is 24.0 Å². The summed E-state index contributed by atoms with van der Waals surface area (Å²) in [6.45, 7) is 0.706. The Morgan fingerprint density at radius 1 is 1.02 bits per heavy atom. The van der Waals surface area contributed by atoms with Crippen molar-refractivity contribution in [1.82, 2.24) is 39.2 Å². The number of hydrogen-bond donors (Lipinski definition) is 3. The number of anilines is 2. The van der Waals surface area contributed by atoms with Crippen molar-refractivity contribution in [2.45, 2.75) is 61.8 Å². The van der Waals surface area contributed by atoms with Crippen molar-refractivity contribution in [2.24, 2.45) is 7.05 Å². The second kappa shape index (κ2) is 10.6. The summed E-state index contributed by atoms with van der Waals surface area (Å²) in [6, 6.07) is 3.57. The van der Waals surface area contributed by atoms with E-state index in [1.165, 1.54) is 18.1 Å². The molecule has 216 valence electrons. The van der Waals surface area contributed by atoms with Crippen LogP contribution in [0.15, 0.2) is 43.1 Å². The summed E-state index contributed by atoms with van der Waals surface area (Å²) in [5, 5.41) is 25.3. The summed E-state index contributed by atoms with van der Waals surface area (Å²) in [7, 11) is -1.52. The topological polar surface area (TPSA) is 153 Å². The van der Waals surface area contributed by atoms with Gasteiger partial charge in [-0.1, -0.05) is 11.8 Å². The summed E-state index contributed by atoms with van der Waals surface area (Å²) >= 11 is 0. The molecule has 2 saturated carbocycles. The van der Waals surface area contributed by atoms with Crippen LogP contribution in [0.3, 0.4) is 0 Å². The number of aromatic nitrogens is 7. The number of rotatable bonds is 7. The molecule has 13 heteroatoms. The number of piperidine rings is 1. The molecular weight excluding hydrogens is 554 g/mol. The number of nitrogens with one attached hydrogen (secondary N) is 2. The first-order valence-corrected chi connectivity index (χ1v) is 15.7. The molecule has 0 amide bonds. The van der Waals surface area contributed by atoms with Crippen LogP contribution in [0.2, 0.25) is 0 Å². The minimum atomic E-state index is -3.48. The molecule has 5 heterocycles. The van der Waals surface area contributed by atoms with Crippen LogP contribution >= 0.6 is 0 Å². The molecule has 1 aliphatic heterocycles. The fourth-order valence-electron chi connectivity index (χ4n) is 5.36. The van der Waals surface area contributed by atoms with Gasteiger partial charge in [0.1, 0.15) is 11.6 Å². The molecule has 0 radical (unpaired) electrons. The van der Waals surface area contributed by atoms with Crippen molar-refractivity contribution in [3.63, 3.8) is 0 Å². The molecular formula is C29H31N9O3S. The third kappa shape index (κ3) is 5.40.